The minimum absolute atomic E-state index is 0.466. The lowest BCUT2D eigenvalue weighted by atomic mass is 9.68. The monoisotopic (exact) mass is 192 g/mol. The van der Waals surface area contributed by atoms with Gasteiger partial charge in [0.05, 0.1) is 12.4 Å². The van der Waals surface area contributed by atoms with Crippen LogP contribution in [0.25, 0.3) is 0 Å². The molecule has 0 aliphatic heterocycles. The maximum absolute atomic E-state index is 5.53. The number of nitrogens with two attached hydrogens (primary N) is 1. The molecule has 0 bridgehead atoms. The Morgan fingerprint density at radius 1 is 1.43 bits per heavy atom. The Labute approximate surface area is 83.9 Å². The molecule has 0 aromatic carbocycles. The Balaban J connectivity index is 1.93. The topological polar surface area (TPSA) is 63.8 Å². The number of rotatable bonds is 2. The standard InChI is InChI=1S/C10H16N4/c1-10(2)3-7(4-10)13-9-6-12-5-8(11)14-9/h5-7H,3-4H2,1-2H3,(H3,11,13,14). The molecule has 4 heteroatoms. The molecular weight excluding hydrogens is 176 g/mol. The molecule has 1 heterocycles. The molecule has 4 nitrogen and oxygen atoms in total. The Hall–Kier alpha value is -1.32. The van der Waals surface area contributed by atoms with Gasteiger partial charge in [0.2, 0.25) is 0 Å². The summed E-state index contributed by atoms with van der Waals surface area (Å²) < 4.78 is 0. The Morgan fingerprint density at radius 3 is 2.71 bits per heavy atom. The first-order chi connectivity index (χ1) is 6.55. The Bertz CT molecular complexity index is 327. The van der Waals surface area contributed by atoms with Crippen molar-refractivity contribution in [2.75, 3.05) is 11.1 Å². The average Bonchev–Trinajstić information content (AvgIpc) is 2.00. The molecule has 0 spiro atoms. The smallest absolute Gasteiger partial charge is 0.147 e. The first-order valence-corrected chi connectivity index (χ1v) is 4.89. The van der Waals surface area contributed by atoms with E-state index in [2.05, 4.69) is 29.1 Å². The van der Waals surface area contributed by atoms with E-state index in [1.54, 1.807) is 12.4 Å². The van der Waals surface area contributed by atoms with Crippen LogP contribution in [0.15, 0.2) is 12.4 Å². The summed E-state index contributed by atoms with van der Waals surface area (Å²) in [6.07, 6.45) is 5.63. The third-order valence-corrected chi connectivity index (χ3v) is 2.60. The van der Waals surface area contributed by atoms with Gasteiger partial charge in [0.25, 0.3) is 0 Å². The van der Waals surface area contributed by atoms with Gasteiger partial charge in [-0.15, -0.1) is 0 Å². The molecule has 1 aromatic heterocycles. The number of anilines is 2. The van der Waals surface area contributed by atoms with Crippen LogP contribution in [-0.2, 0) is 0 Å². The third kappa shape index (κ3) is 1.95. The highest BCUT2D eigenvalue weighted by Gasteiger charge is 2.35. The molecule has 0 atom stereocenters. The summed E-state index contributed by atoms with van der Waals surface area (Å²) in [7, 11) is 0. The van der Waals surface area contributed by atoms with Gasteiger partial charge in [-0.25, -0.2) is 4.98 Å². The maximum atomic E-state index is 5.53. The van der Waals surface area contributed by atoms with Crippen molar-refractivity contribution in [1.29, 1.82) is 0 Å². The number of hydrogen-bond acceptors (Lipinski definition) is 4. The largest absolute Gasteiger partial charge is 0.382 e. The molecule has 1 fully saturated rings. The minimum Gasteiger partial charge on any atom is -0.382 e. The zero-order valence-electron chi connectivity index (χ0n) is 8.62. The van der Waals surface area contributed by atoms with Gasteiger partial charge in [0.15, 0.2) is 0 Å². The van der Waals surface area contributed by atoms with E-state index in [0.29, 0.717) is 17.3 Å². The lowest BCUT2D eigenvalue weighted by molar-refractivity contribution is 0.167. The van der Waals surface area contributed by atoms with Crippen LogP contribution in [-0.4, -0.2) is 16.0 Å². The van der Waals surface area contributed by atoms with Gasteiger partial charge < -0.3 is 11.1 Å². The molecule has 76 valence electrons. The summed E-state index contributed by atoms with van der Waals surface area (Å²) >= 11 is 0. The van der Waals surface area contributed by atoms with Crippen LogP contribution < -0.4 is 11.1 Å². The summed E-state index contributed by atoms with van der Waals surface area (Å²) in [5.41, 5.74) is 6.01. The molecule has 0 amide bonds. The van der Waals surface area contributed by atoms with Gasteiger partial charge >= 0.3 is 0 Å². The second-order valence-corrected chi connectivity index (χ2v) is 4.74. The minimum atomic E-state index is 0.466. The average molecular weight is 192 g/mol. The van der Waals surface area contributed by atoms with Crippen LogP contribution in [0.5, 0.6) is 0 Å². The second-order valence-electron chi connectivity index (χ2n) is 4.74. The van der Waals surface area contributed by atoms with Gasteiger partial charge in [-0.1, -0.05) is 13.8 Å². The number of hydrogen-bond donors (Lipinski definition) is 2. The van der Waals surface area contributed by atoms with Gasteiger partial charge in [-0.2, -0.15) is 0 Å². The van der Waals surface area contributed by atoms with Crippen molar-refractivity contribution in [3.63, 3.8) is 0 Å². The third-order valence-electron chi connectivity index (χ3n) is 2.60. The predicted octanol–water partition coefficient (Wildman–Crippen LogP) is 1.66. The fraction of sp³-hybridized carbons (Fsp3) is 0.600. The SMILES string of the molecule is CC1(C)CC(Nc2cncc(N)n2)C1. The normalized spacial score (nSPS) is 20.1. The first kappa shape index (κ1) is 9.24. The number of nitrogens with one attached hydrogen (secondary N) is 1. The van der Waals surface area contributed by atoms with E-state index in [0.717, 1.165) is 5.82 Å². The van der Waals surface area contributed by atoms with Crippen molar-refractivity contribution in [2.45, 2.75) is 32.7 Å². The molecule has 2 rings (SSSR count). The fourth-order valence-corrected chi connectivity index (χ4v) is 2.04. The van der Waals surface area contributed by atoms with Crippen molar-refractivity contribution in [3.8, 4) is 0 Å². The highest BCUT2D eigenvalue weighted by atomic mass is 15.1. The molecule has 0 radical (unpaired) electrons. The van der Waals surface area contributed by atoms with Crippen LogP contribution in [0.1, 0.15) is 26.7 Å². The zero-order valence-corrected chi connectivity index (χ0v) is 8.62. The van der Waals surface area contributed by atoms with Crippen molar-refractivity contribution < 1.29 is 0 Å². The quantitative estimate of drug-likeness (QED) is 0.748. The lowest BCUT2D eigenvalue weighted by Gasteiger charge is -2.43. The lowest BCUT2D eigenvalue weighted by Crippen LogP contribution is -2.41. The summed E-state index contributed by atoms with van der Waals surface area (Å²) in [5, 5.41) is 3.32. The van der Waals surface area contributed by atoms with Gasteiger partial charge in [-0.3, -0.25) is 4.98 Å². The highest BCUT2D eigenvalue weighted by Crippen LogP contribution is 2.41. The van der Waals surface area contributed by atoms with Crippen molar-refractivity contribution in [1.82, 2.24) is 9.97 Å². The summed E-state index contributed by atoms with van der Waals surface area (Å²) in [4.78, 5) is 8.13. The molecule has 1 aromatic rings. The fourth-order valence-electron chi connectivity index (χ4n) is 2.04. The Kier molecular flexibility index (Phi) is 2.06. The van der Waals surface area contributed by atoms with Gasteiger partial charge in [-0.05, 0) is 18.3 Å². The zero-order chi connectivity index (χ0) is 10.2. The summed E-state index contributed by atoms with van der Waals surface area (Å²) in [5.74, 6) is 1.25. The van der Waals surface area contributed by atoms with E-state index in [4.69, 9.17) is 5.73 Å². The van der Waals surface area contributed by atoms with Crippen molar-refractivity contribution in [2.24, 2.45) is 5.41 Å². The number of nitrogen functional groups attached to an aromatic ring is 1. The second kappa shape index (κ2) is 3.12. The summed E-state index contributed by atoms with van der Waals surface area (Å²) in [6.45, 7) is 4.55. The van der Waals surface area contributed by atoms with Crippen LogP contribution in [0.3, 0.4) is 0 Å². The van der Waals surface area contributed by atoms with E-state index >= 15 is 0 Å². The molecule has 3 N–H and O–H groups in total. The van der Waals surface area contributed by atoms with E-state index in [1.165, 1.54) is 12.8 Å². The molecule has 0 saturated heterocycles. The molecule has 1 aliphatic carbocycles. The van der Waals surface area contributed by atoms with Crippen molar-refractivity contribution >= 4 is 11.6 Å². The van der Waals surface area contributed by atoms with E-state index in [1.807, 2.05) is 0 Å². The van der Waals surface area contributed by atoms with Gasteiger partial charge in [0, 0.05) is 6.04 Å². The first-order valence-electron chi connectivity index (χ1n) is 4.89. The van der Waals surface area contributed by atoms with Crippen LogP contribution in [0.4, 0.5) is 11.6 Å². The maximum Gasteiger partial charge on any atom is 0.147 e. The molecule has 0 unspecified atom stereocenters. The molecule has 14 heavy (non-hydrogen) atoms. The van der Waals surface area contributed by atoms with Crippen LogP contribution in [0, 0.1) is 5.41 Å². The number of nitrogens with zero attached hydrogens (tertiary/aromatic N) is 2. The van der Waals surface area contributed by atoms with Crippen molar-refractivity contribution in [3.05, 3.63) is 12.4 Å². The summed E-state index contributed by atoms with van der Waals surface area (Å²) in [6, 6.07) is 0.529. The Morgan fingerprint density at radius 2 is 2.14 bits per heavy atom. The van der Waals surface area contributed by atoms with Crippen LogP contribution >= 0.6 is 0 Å². The van der Waals surface area contributed by atoms with E-state index in [9.17, 15) is 0 Å². The van der Waals surface area contributed by atoms with Crippen LogP contribution in [0.2, 0.25) is 0 Å². The van der Waals surface area contributed by atoms with E-state index < -0.39 is 0 Å². The molecule has 1 saturated carbocycles. The number of aromatic nitrogens is 2. The van der Waals surface area contributed by atoms with Gasteiger partial charge in [0.1, 0.15) is 11.6 Å². The highest BCUT2D eigenvalue weighted by molar-refractivity contribution is 5.39. The van der Waals surface area contributed by atoms with E-state index in [-0.39, 0.29) is 0 Å². The molecular formula is C10H16N4. The molecule has 1 aliphatic rings. The predicted molar refractivity (Wildman–Crippen MR) is 56.9 cm³/mol.